The number of hydrogen-bond donors (Lipinski definition) is 2. The maximum atomic E-state index is 13.7. The fourth-order valence-corrected chi connectivity index (χ4v) is 5.08. The molecule has 2 aromatic heterocycles. The van der Waals surface area contributed by atoms with Gasteiger partial charge in [0, 0.05) is 49.9 Å². The van der Waals surface area contributed by atoms with E-state index >= 15 is 0 Å². The van der Waals surface area contributed by atoms with E-state index in [9.17, 15) is 18.0 Å². The molecule has 1 aromatic carbocycles. The Balaban J connectivity index is 1.43. The zero-order valence-corrected chi connectivity index (χ0v) is 21.7. The van der Waals surface area contributed by atoms with Gasteiger partial charge in [0.2, 0.25) is 5.91 Å². The van der Waals surface area contributed by atoms with Crippen LogP contribution in [0.1, 0.15) is 60.8 Å². The SMILES string of the molecule is CNC(=O)C1(c2ccc(Nc3nc(C(C)C)nc4c3CCN(c3ncccc3C(F)(F)F)CC4)cc2)CC1. The highest BCUT2D eigenvalue weighted by atomic mass is 19.4. The van der Waals surface area contributed by atoms with Gasteiger partial charge in [-0.15, -0.1) is 0 Å². The van der Waals surface area contributed by atoms with Crippen molar-refractivity contribution in [1.82, 2.24) is 20.3 Å². The zero-order chi connectivity index (χ0) is 27.1. The molecule has 0 atom stereocenters. The van der Waals surface area contributed by atoms with E-state index in [4.69, 9.17) is 9.97 Å². The fraction of sp³-hybridized carbons (Fsp3) is 0.429. The Kier molecular flexibility index (Phi) is 6.75. The van der Waals surface area contributed by atoms with Gasteiger partial charge in [-0.25, -0.2) is 15.0 Å². The van der Waals surface area contributed by atoms with E-state index in [1.54, 1.807) is 11.9 Å². The van der Waals surface area contributed by atoms with Crippen LogP contribution in [0.25, 0.3) is 0 Å². The van der Waals surface area contributed by atoms with Crippen LogP contribution in [0, 0.1) is 0 Å². The summed E-state index contributed by atoms with van der Waals surface area (Å²) in [5, 5.41) is 6.18. The lowest BCUT2D eigenvalue weighted by molar-refractivity contribution is -0.137. The van der Waals surface area contributed by atoms with Crippen LogP contribution in [0.3, 0.4) is 0 Å². The van der Waals surface area contributed by atoms with Crippen LogP contribution in [0.2, 0.25) is 0 Å². The first-order valence-electron chi connectivity index (χ1n) is 12.9. The summed E-state index contributed by atoms with van der Waals surface area (Å²) in [6.45, 7) is 4.76. The second-order valence-electron chi connectivity index (χ2n) is 10.2. The molecule has 3 aromatic rings. The number of rotatable bonds is 6. The number of aromatic nitrogens is 3. The Labute approximate surface area is 219 Å². The Bertz CT molecular complexity index is 1340. The number of amides is 1. The van der Waals surface area contributed by atoms with Gasteiger partial charge in [-0.3, -0.25) is 4.79 Å². The Hall–Kier alpha value is -3.69. The molecule has 5 rings (SSSR count). The molecule has 0 radical (unpaired) electrons. The molecule has 1 amide bonds. The molecular formula is C28H31F3N6O. The molecule has 0 saturated heterocycles. The van der Waals surface area contributed by atoms with Crippen molar-refractivity contribution in [3.05, 3.63) is 70.8 Å². The summed E-state index contributed by atoms with van der Waals surface area (Å²) >= 11 is 0. The molecule has 10 heteroatoms. The number of nitrogens with zero attached hydrogens (tertiary/aromatic N) is 4. The van der Waals surface area contributed by atoms with Crippen LogP contribution in [0.15, 0.2) is 42.6 Å². The van der Waals surface area contributed by atoms with E-state index in [0.717, 1.165) is 41.4 Å². The normalized spacial score (nSPS) is 16.6. The quantitative estimate of drug-likeness (QED) is 0.465. The predicted octanol–water partition coefficient (Wildman–Crippen LogP) is 5.14. The second-order valence-corrected chi connectivity index (χ2v) is 10.2. The second kappa shape index (κ2) is 9.89. The summed E-state index contributed by atoms with van der Waals surface area (Å²) in [6.07, 6.45) is -0.469. The van der Waals surface area contributed by atoms with Gasteiger partial charge in [0.25, 0.3) is 0 Å². The molecule has 1 saturated carbocycles. The summed E-state index contributed by atoms with van der Waals surface area (Å²) in [4.78, 5) is 27.7. The van der Waals surface area contributed by atoms with Gasteiger partial charge in [-0.1, -0.05) is 26.0 Å². The lowest BCUT2D eigenvalue weighted by atomic mass is 9.95. The summed E-state index contributed by atoms with van der Waals surface area (Å²) < 4.78 is 41.0. The number of likely N-dealkylation sites (N-methyl/N-ethyl adjacent to an activating group) is 1. The largest absolute Gasteiger partial charge is 0.419 e. The third kappa shape index (κ3) is 4.91. The fourth-order valence-electron chi connectivity index (χ4n) is 5.08. The number of fused-ring (bicyclic) bond motifs is 1. The molecule has 7 nitrogen and oxygen atoms in total. The van der Waals surface area contributed by atoms with E-state index in [1.165, 1.54) is 12.3 Å². The number of anilines is 3. The van der Waals surface area contributed by atoms with Crippen molar-refractivity contribution in [2.45, 2.75) is 57.0 Å². The highest BCUT2D eigenvalue weighted by Crippen LogP contribution is 2.48. The highest BCUT2D eigenvalue weighted by molar-refractivity contribution is 5.91. The van der Waals surface area contributed by atoms with Gasteiger partial charge in [0.05, 0.1) is 16.7 Å². The molecule has 0 spiro atoms. The van der Waals surface area contributed by atoms with Gasteiger partial charge in [0.1, 0.15) is 17.5 Å². The van der Waals surface area contributed by atoms with Crippen LogP contribution in [0.4, 0.5) is 30.5 Å². The van der Waals surface area contributed by atoms with Gasteiger partial charge in [-0.2, -0.15) is 13.2 Å². The van der Waals surface area contributed by atoms with Gasteiger partial charge >= 0.3 is 6.18 Å². The molecule has 38 heavy (non-hydrogen) atoms. The Morgan fingerprint density at radius 3 is 2.39 bits per heavy atom. The minimum Gasteiger partial charge on any atom is -0.358 e. The van der Waals surface area contributed by atoms with Crippen molar-refractivity contribution in [2.75, 3.05) is 30.4 Å². The van der Waals surface area contributed by atoms with Crippen LogP contribution < -0.4 is 15.5 Å². The minimum atomic E-state index is -4.48. The van der Waals surface area contributed by atoms with Gasteiger partial charge < -0.3 is 15.5 Å². The van der Waals surface area contributed by atoms with Crippen molar-refractivity contribution >= 4 is 23.2 Å². The third-order valence-corrected chi connectivity index (χ3v) is 7.38. The van der Waals surface area contributed by atoms with Crippen molar-refractivity contribution < 1.29 is 18.0 Å². The van der Waals surface area contributed by atoms with E-state index in [1.807, 2.05) is 38.1 Å². The molecule has 3 heterocycles. The van der Waals surface area contributed by atoms with Crippen LogP contribution in [-0.2, 0) is 29.2 Å². The van der Waals surface area contributed by atoms with Crippen molar-refractivity contribution in [1.29, 1.82) is 0 Å². The monoisotopic (exact) mass is 524 g/mol. The molecule has 200 valence electrons. The number of carbonyl (C=O) groups excluding carboxylic acids is 1. The summed E-state index contributed by atoms with van der Waals surface area (Å²) in [7, 11) is 1.66. The zero-order valence-electron chi connectivity index (χ0n) is 21.7. The first-order chi connectivity index (χ1) is 18.1. The van der Waals surface area contributed by atoms with Crippen LogP contribution >= 0.6 is 0 Å². The molecule has 2 N–H and O–H groups in total. The molecule has 2 aliphatic rings. The Morgan fingerprint density at radius 1 is 1.05 bits per heavy atom. The lowest BCUT2D eigenvalue weighted by Gasteiger charge is -2.24. The van der Waals surface area contributed by atoms with Crippen LogP contribution in [-0.4, -0.2) is 41.0 Å². The number of hydrogen-bond acceptors (Lipinski definition) is 6. The highest BCUT2D eigenvalue weighted by Gasteiger charge is 2.50. The van der Waals surface area contributed by atoms with Crippen molar-refractivity contribution in [3.8, 4) is 0 Å². The molecule has 0 unspecified atom stereocenters. The van der Waals surface area contributed by atoms with E-state index in [0.29, 0.717) is 37.6 Å². The van der Waals surface area contributed by atoms with E-state index in [2.05, 4.69) is 15.6 Å². The van der Waals surface area contributed by atoms with E-state index in [-0.39, 0.29) is 17.6 Å². The van der Waals surface area contributed by atoms with Crippen LogP contribution in [0.5, 0.6) is 0 Å². The summed E-state index contributed by atoms with van der Waals surface area (Å²) in [6, 6.07) is 10.2. The molecule has 0 bridgehead atoms. The summed E-state index contributed by atoms with van der Waals surface area (Å²) in [5.41, 5.74) is 2.37. The third-order valence-electron chi connectivity index (χ3n) is 7.38. The topological polar surface area (TPSA) is 83.0 Å². The Morgan fingerprint density at radius 2 is 1.76 bits per heavy atom. The number of pyridine rings is 1. The molecule has 1 fully saturated rings. The molecule has 1 aliphatic carbocycles. The first kappa shape index (κ1) is 25.9. The number of alkyl halides is 3. The maximum Gasteiger partial charge on any atom is 0.419 e. The standard InChI is InChI=1S/C28H31F3N6O/c1-17(2)23-35-22-11-16-37(25-21(28(29,30)31)5-4-14-33-25)15-10-20(22)24(36-23)34-19-8-6-18(7-9-19)27(12-13-27)26(38)32-3/h4-9,14,17H,10-13,15-16H2,1-3H3,(H,32,38)(H,34,35,36). The first-order valence-corrected chi connectivity index (χ1v) is 12.9. The predicted molar refractivity (Wildman–Crippen MR) is 140 cm³/mol. The number of nitrogens with one attached hydrogen (secondary N) is 2. The van der Waals surface area contributed by atoms with Gasteiger partial charge in [0.15, 0.2) is 0 Å². The van der Waals surface area contributed by atoms with Crippen molar-refractivity contribution in [3.63, 3.8) is 0 Å². The van der Waals surface area contributed by atoms with Gasteiger partial charge in [-0.05, 0) is 49.1 Å². The average molecular weight is 525 g/mol. The number of halogens is 3. The molecule has 1 aliphatic heterocycles. The van der Waals surface area contributed by atoms with E-state index < -0.39 is 17.2 Å². The number of carbonyl (C=O) groups is 1. The summed E-state index contributed by atoms with van der Waals surface area (Å²) in [5.74, 6) is 1.41. The lowest BCUT2D eigenvalue weighted by Crippen LogP contribution is -2.31. The average Bonchev–Trinajstić information content (AvgIpc) is 3.73. The van der Waals surface area contributed by atoms with Crippen molar-refractivity contribution in [2.24, 2.45) is 0 Å². The number of benzene rings is 1. The maximum absolute atomic E-state index is 13.7. The molecular weight excluding hydrogens is 493 g/mol. The minimum absolute atomic E-state index is 0.0343. The smallest absolute Gasteiger partial charge is 0.358 e.